The van der Waals surface area contributed by atoms with Gasteiger partial charge in [-0.3, -0.25) is 4.79 Å². The van der Waals surface area contributed by atoms with E-state index in [1.807, 2.05) is 12.1 Å². The molecule has 5 rings (SSSR count). The maximum Gasteiger partial charge on any atom is 0.261 e. The first kappa shape index (κ1) is 25.4. The normalized spacial score (nSPS) is 17.9. The fourth-order valence-corrected chi connectivity index (χ4v) is 4.89. The summed E-state index contributed by atoms with van der Waals surface area (Å²) in [5.74, 6) is 0.0386. The molecule has 2 saturated heterocycles. The number of halogens is 2. The molecule has 0 radical (unpaired) electrons. The number of carbonyl (C=O) groups is 1. The Labute approximate surface area is 220 Å². The number of ether oxygens (including phenoxy) is 1. The van der Waals surface area contributed by atoms with Crippen molar-refractivity contribution in [2.24, 2.45) is 0 Å². The fraction of sp³-hybridized carbons (Fsp3) is 0.370. The zero-order chi connectivity index (χ0) is 25.6. The number of hydrogen-bond donors (Lipinski definition) is 4. The molecule has 37 heavy (non-hydrogen) atoms. The first-order valence-corrected chi connectivity index (χ1v) is 13.0. The maximum atomic E-state index is 14.3. The molecule has 1 amide bonds. The summed E-state index contributed by atoms with van der Waals surface area (Å²) >= 11 is 6.09. The van der Waals surface area contributed by atoms with Crippen molar-refractivity contribution in [2.75, 3.05) is 42.2 Å². The summed E-state index contributed by atoms with van der Waals surface area (Å²) in [5.41, 5.74) is 2.25. The van der Waals surface area contributed by atoms with Gasteiger partial charge in [-0.15, -0.1) is 0 Å². The van der Waals surface area contributed by atoms with Gasteiger partial charge in [-0.05, 0) is 74.5 Å². The lowest BCUT2D eigenvalue weighted by Crippen LogP contribution is -2.26. The van der Waals surface area contributed by atoms with Crippen LogP contribution in [0.4, 0.5) is 27.5 Å². The molecule has 0 saturated carbocycles. The summed E-state index contributed by atoms with van der Waals surface area (Å²) < 4.78 is 20.0. The third-order valence-electron chi connectivity index (χ3n) is 6.73. The number of anilines is 4. The predicted molar refractivity (Wildman–Crippen MR) is 143 cm³/mol. The molecule has 2 aliphatic rings. The summed E-state index contributed by atoms with van der Waals surface area (Å²) in [6, 6.07) is 12.5. The molecule has 2 aromatic carbocycles. The van der Waals surface area contributed by atoms with E-state index in [0.29, 0.717) is 24.2 Å². The van der Waals surface area contributed by atoms with Crippen LogP contribution in [0.1, 0.15) is 47.5 Å². The second-order valence-corrected chi connectivity index (χ2v) is 9.70. The monoisotopic (exact) mass is 524 g/mol. The minimum Gasteiger partial charge on any atom is -0.376 e. The van der Waals surface area contributed by atoms with E-state index < -0.39 is 11.7 Å². The lowest BCUT2D eigenvalue weighted by atomic mass is 9.90. The molecular formula is C27H30ClFN6O2. The number of carbonyl (C=O) groups excluding carboxylic acids is 1. The van der Waals surface area contributed by atoms with Crippen molar-refractivity contribution in [3.05, 3.63) is 70.6 Å². The summed E-state index contributed by atoms with van der Waals surface area (Å²) in [5, 5.41) is 12.5. The topological polar surface area (TPSA) is 100 Å². The number of amides is 1. The van der Waals surface area contributed by atoms with Crippen LogP contribution in [0.5, 0.6) is 0 Å². The average molecular weight is 525 g/mol. The Kier molecular flexibility index (Phi) is 8.13. The molecule has 4 N–H and O–H groups in total. The van der Waals surface area contributed by atoms with E-state index in [1.54, 1.807) is 0 Å². The van der Waals surface area contributed by atoms with Crippen LogP contribution >= 0.6 is 11.6 Å². The maximum absolute atomic E-state index is 14.3. The Morgan fingerprint density at radius 2 is 1.95 bits per heavy atom. The van der Waals surface area contributed by atoms with Gasteiger partial charge in [-0.2, -0.15) is 4.98 Å². The van der Waals surface area contributed by atoms with Gasteiger partial charge in [0.25, 0.3) is 5.91 Å². The van der Waals surface area contributed by atoms with E-state index in [4.69, 9.17) is 16.3 Å². The summed E-state index contributed by atoms with van der Waals surface area (Å²) in [6.07, 6.45) is 5.65. The molecule has 2 fully saturated rings. The number of piperidine rings is 1. The number of aromatic nitrogens is 2. The number of para-hydroxylation sites is 1. The van der Waals surface area contributed by atoms with Crippen molar-refractivity contribution in [2.45, 2.75) is 37.7 Å². The third-order valence-corrected chi connectivity index (χ3v) is 7.05. The van der Waals surface area contributed by atoms with Gasteiger partial charge in [-0.1, -0.05) is 29.8 Å². The smallest absolute Gasteiger partial charge is 0.261 e. The van der Waals surface area contributed by atoms with Crippen molar-refractivity contribution in [3.63, 3.8) is 0 Å². The Balaban J connectivity index is 1.34. The molecule has 1 aromatic heterocycles. The number of nitrogens with one attached hydrogen (secondary N) is 4. The first-order chi connectivity index (χ1) is 18.1. The second-order valence-electron chi connectivity index (χ2n) is 9.29. The number of rotatable bonds is 8. The number of benzene rings is 2. The van der Waals surface area contributed by atoms with Crippen molar-refractivity contribution in [1.29, 1.82) is 0 Å². The lowest BCUT2D eigenvalue weighted by molar-refractivity contribution is 0.102. The molecule has 1 atom stereocenters. The summed E-state index contributed by atoms with van der Waals surface area (Å²) in [7, 11) is 0. The molecule has 8 nitrogen and oxygen atoms in total. The van der Waals surface area contributed by atoms with Crippen LogP contribution in [0, 0.1) is 5.82 Å². The van der Waals surface area contributed by atoms with Crippen molar-refractivity contribution in [3.8, 4) is 0 Å². The molecule has 10 heteroatoms. The molecule has 3 heterocycles. The van der Waals surface area contributed by atoms with Gasteiger partial charge in [0.1, 0.15) is 17.2 Å². The highest BCUT2D eigenvalue weighted by Gasteiger charge is 2.21. The van der Waals surface area contributed by atoms with E-state index in [-0.39, 0.29) is 22.4 Å². The van der Waals surface area contributed by atoms with Gasteiger partial charge in [-0.25, -0.2) is 9.37 Å². The van der Waals surface area contributed by atoms with Gasteiger partial charge in [0.15, 0.2) is 0 Å². The zero-order valence-electron chi connectivity index (χ0n) is 20.4. The molecule has 0 spiro atoms. The third kappa shape index (κ3) is 6.36. The van der Waals surface area contributed by atoms with E-state index in [2.05, 4.69) is 43.4 Å². The van der Waals surface area contributed by atoms with Gasteiger partial charge >= 0.3 is 0 Å². The van der Waals surface area contributed by atoms with Gasteiger partial charge < -0.3 is 26.0 Å². The van der Waals surface area contributed by atoms with E-state index >= 15 is 0 Å². The quantitative estimate of drug-likeness (QED) is 0.316. The highest BCUT2D eigenvalue weighted by molar-refractivity contribution is 6.34. The highest BCUT2D eigenvalue weighted by Crippen LogP contribution is 2.28. The standard InChI is InChI=1S/C27H30ClFN6O2/c28-22-4-1-5-23(29)24(22)34-26(36)21-16-32-27(35-25(21)31-15-20-3-2-14-37-20)33-19-8-6-17(7-9-19)18-10-12-30-13-11-18/h1,4-9,16,18,20,30H,2-3,10-15H2,(H,34,36)(H2,31,32,33,35). The van der Waals surface area contributed by atoms with Crippen LogP contribution in [0.25, 0.3) is 0 Å². The van der Waals surface area contributed by atoms with Crippen LogP contribution in [-0.2, 0) is 4.74 Å². The fourth-order valence-electron chi connectivity index (χ4n) is 4.68. The molecule has 2 aliphatic heterocycles. The van der Waals surface area contributed by atoms with Gasteiger partial charge in [0.05, 0.1) is 16.8 Å². The second kappa shape index (κ2) is 11.9. The average Bonchev–Trinajstić information content (AvgIpc) is 3.44. The SMILES string of the molecule is O=C(Nc1c(F)cccc1Cl)c1cnc(Nc2ccc(C3CCNCC3)cc2)nc1NCC1CCCO1. The van der Waals surface area contributed by atoms with Crippen molar-refractivity contribution in [1.82, 2.24) is 15.3 Å². The highest BCUT2D eigenvalue weighted by atomic mass is 35.5. The number of nitrogens with zero attached hydrogens (tertiary/aromatic N) is 2. The van der Waals surface area contributed by atoms with Crippen LogP contribution in [0.3, 0.4) is 0 Å². The molecule has 0 bridgehead atoms. The van der Waals surface area contributed by atoms with Crippen LogP contribution in [0.2, 0.25) is 5.02 Å². The van der Waals surface area contributed by atoms with Gasteiger partial charge in [0, 0.05) is 25.0 Å². The largest absolute Gasteiger partial charge is 0.376 e. The van der Waals surface area contributed by atoms with Crippen molar-refractivity contribution < 1.29 is 13.9 Å². The van der Waals surface area contributed by atoms with Crippen LogP contribution < -0.4 is 21.3 Å². The summed E-state index contributed by atoms with van der Waals surface area (Å²) in [6.45, 7) is 3.30. The number of hydrogen-bond acceptors (Lipinski definition) is 7. The molecule has 3 aromatic rings. The van der Waals surface area contributed by atoms with E-state index in [9.17, 15) is 9.18 Å². The Bertz CT molecular complexity index is 1210. The Morgan fingerprint density at radius 3 is 2.68 bits per heavy atom. The Morgan fingerprint density at radius 1 is 1.14 bits per heavy atom. The van der Waals surface area contributed by atoms with Gasteiger partial charge in [0.2, 0.25) is 5.95 Å². The summed E-state index contributed by atoms with van der Waals surface area (Å²) in [4.78, 5) is 22.0. The Hall–Kier alpha value is -3.27. The predicted octanol–water partition coefficient (Wildman–Crippen LogP) is 5.32. The van der Waals surface area contributed by atoms with Crippen LogP contribution in [0.15, 0.2) is 48.7 Å². The van der Waals surface area contributed by atoms with Crippen LogP contribution in [-0.4, -0.2) is 48.2 Å². The van der Waals surface area contributed by atoms with E-state index in [1.165, 1.54) is 30.0 Å². The molecule has 1 unspecified atom stereocenters. The minimum atomic E-state index is -0.623. The molecule has 194 valence electrons. The molecular weight excluding hydrogens is 495 g/mol. The first-order valence-electron chi connectivity index (χ1n) is 12.6. The van der Waals surface area contributed by atoms with Crippen molar-refractivity contribution >= 4 is 40.6 Å². The molecule has 0 aliphatic carbocycles. The zero-order valence-corrected chi connectivity index (χ0v) is 21.2. The van der Waals surface area contributed by atoms with E-state index in [0.717, 1.165) is 51.1 Å². The minimum absolute atomic E-state index is 0.0332. The lowest BCUT2D eigenvalue weighted by Gasteiger charge is -2.23.